The minimum atomic E-state index is -0.372. The number of hydrogen-bond donors (Lipinski definition) is 1. The number of nitrogens with two attached hydrogens (primary N) is 1. The SMILES string of the molecule is CC1CN2CCCCC2CN1C(=O)C1(CN)CCOCC1. The third-order valence-electron chi connectivity index (χ3n) is 5.74. The molecule has 0 aromatic carbocycles. The maximum atomic E-state index is 13.2. The Bertz CT molecular complexity index is 382. The van der Waals surface area contributed by atoms with E-state index in [0.717, 1.165) is 25.9 Å². The van der Waals surface area contributed by atoms with Gasteiger partial charge in [0.15, 0.2) is 0 Å². The zero-order chi connectivity index (χ0) is 14.9. The van der Waals surface area contributed by atoms with E-state index in [4.69, 9.17) is 10.5 Å². The molecule has 2 atom stereocenters. The van der Waals surface area contributed by atoms with E-state index >= 15 is 0 Å². The van der Waals surface area contributed by atoms with Gasteiger partial charge < -0.3 is 15.4 Å². The first-order valence-corrected chi connectivity index (χ1v) is 8.49. The predicted molar refractivity (Wildman–Crippen MR) is 81.9 cm³/mol. The monoisotopic (exact) mass is 295 g/mol. The van der Waals surface area contributed by atoms with Crippen LogP contribution in [0.25, 0.3) is 0 Å². The topological polar surface area (TPSA) is 58.8 Å². The molecular formula is C16H29N3O2. The summed E-state index contributed by atoms with van der Waals surface area (Å²) in [6.07, 6.45) is 5.39. The first kappa shape index (κ1) is 15.3. The van der Waals surface area contributed by atoms with E-state index in [-0.39, 0.29) is 11.3 Å². The highest BCUT2D eigenvalue weighted by Gasteiger charge is 2.45. The van der Waals surface area contributed by atoms with Crippen molar-refractivity contribution in [3.05, 3.63) is 0 Å². The summed E-state index contributed by atoms with van der Waals surface area (Å²) in [5.41, 5.74) is 5.64. The zero-order valence-corrected chi connectivity index (χ0v) is 13.2. The molecule has 0 bridgehead atoms. The van der Waals surface area contributed by atoms with Crippen LogP contribution in [0.1, 0.15) is 39.0 Å². The molecule has 3 heterocycles. The highest BCUT2D eigenvalue weighted by Crippen LogP contribution is 2.34. The van der Waals surface area contributed by atoms with Gasteiger partial charge in [-0.2, -0.15) is 0 Å². The average Bonchev–Trinajstić information content (AvgIpc) is 2.54. The van der Waals surface area contributed by atoms with E-state index in [0.29, 0.717) is 31.8 Å². The number of fused-ring (bicyclic) bond motifs is 1. The summed E-state index contributed by atoms with van der Waals surface area (Å²) in [4.78, 5) is 17.9. The molecule has 1 amide bonds. The van der Waals surface area contributed by atoms with Crippen molar-refractivity contribution in [1.29, 1.82) is 0 Å². The molecule has 3 saturated heterocycles. The molecule has 5 nitrogen and oxygen atoms in total. The third kappa shape index (κ3) is 2.83. The lowest BCUT2D eigenvalue weighted by molar-refractivity contribution is -0.154. The molecule has 2 unspecified atom stereocenters. The summed E-state index contributed by atoms with van der Waals surface area (Å²) in [7, 11) is 0. The van der Waals surface area contributed by atoms with Gasteiger partial charge in [-0.25, -0.2) is 0 Å². The Hall–Kier alpha value is -0.650. The highest BCUT2D eigenvalue weighted by atomic mass is 16.5. The van der Waals surface area contributed by atoms with Crippen molar-refractivity contribution in [2.45, 2.75) is 51.1 Å². The molecule has 0 aliphatic carbocycles. The number of amides is 1. The number of piperidine rings is 1. The van der Waals surface area contributed by atoms with Crippen LogP contribution in [-0.2, 0) is 9.53 Å². The molecular weight excluding hydrogens is 266 g/mol. The van der Waals surface area contributed by atoms with Gasteiger partial charge in [-0.1, -0.05) is 6.42 Å². The molecule has 3 aliphatic rings. The standard InChI is InChI=1S/C16H29N3O2/c1-13-10-18-7-3-2-4-14(18)11-19(13)15(20)16(12-17)5-8-21-9-6-16/h13-14H,2-12,17H2,1H3. The van der Waals surface area contributed by atoms with E-state index in [1.807, 2.05) is 0 Å². The second kappa shape index (κ2) is 6.23. The zero-order valence-electron chi connectivity index (χ0n) is 13.2. The highest BCUT2D eigenvalue weighted by molar-refractivity contribution is 5.83. The summed E-state index contributed by atoms with van der Waals surface area (Å²) < 4.78 is 5.44. The van der Waals surface area contributed by atoms with Gasteiger partial charge in [-0.05, 0) is 39.2 Å². The van der Waals surface area contributed by atoms with E-state index in [1.165, 1.54) is 25.8 Å². The Kier molecular flexibility index (Phi) is 4.52. The van der Waals surface area contributed by atoms with Crippen molar-refractivity contribution in [3.8, 4) is 0 Å². The van der Waals surface area contributed by atoms with Crippen LogP contribution in [-0.4, -0.2) is 67.2 Å². The molecule has 3 rings (SSSR count). The van der Waals surface area contributed by atoms with Crippen molar-refractivity contribution < 1.29 is 9.53 Å². The minimum Gasteiger partial charge on any atom is -0.381 e. The summed E-state index contributed by atoms with van der Waals surface area (Å²) in [6.45, 7) is 7.09. The Morgan fingerprint density at radius 1 is 1.29 bits per heavy atom. The second-order valence-corrected chi connectivity index (χ2v) is 7.05. The average molecular weight is 295 g/mol. The van der Waals surface area contributed by atoms with E-state index < -0.39 is 0 Å². The van der Waals surface area contributed by atoms with Gasteiger partial charge in [0.25, 0.3) is 0 Å². The van der Waals surface area contributed by atoms with Crippen molar-refractivity contribution in [2.75, 3.05) is 39.4 Å². The maximum Gasteiger partial charge on any atom is 0.230 e. The van der Waals surface area contributed by atoms with Crippen molar-refractivity contribution in [2.24, 2.45) is 11.1 Å². The van der Waals surface area contributed by atoms with Crippen LogP contribution >= 0.6 is 0 Å². The third-order valence-corrected chi connectivity index (χ3v) is 5.74. The van der Waals surface area contributed by atoms with Gasteiger partial charge in [-0.15, -0.1) is 0 Å². The molecule has 3 aliphatic heterocycles. The molecule has 0 aromatic rings. The lowest BCUT2D eigenvalue weighted by Gasteiger charge is -2.50. The number of carbonyl (C=O) groups excluding carboxylic acids is 1. The van der Waals surface area contributed by atoms with Gasteiger partial charge in [0.1, 0.15) is 0 Å². The number of rotatable bonds is 2. The summed E-state index contributed by atoms with van der Waals surface area (Å²) in [5, 5.41) is 0. The summed E-state index contributed by atoms with van der Waals surface area (Å²) >= 11 is 0. The Morgan fingerprint density at radius 2 is 2.05 bits per heavy atom. The predicted octanol–water partition coefficient (Wildman–Crippen LogP) is 0.827. The van der Waals surface area contributed by atoms with Crippen LogP contribution in [0.5, 0.6) is 0 Å². The lowest BCUT2D eigenvalue weighted by Crippen LogP contribution is -2.63. The van der Waals surface area contributed by atoms with Crippen molar-refractivity contribution >= 4 is 5.91 Å². The number of carbonyl (C=O) groups is 1. The molecule has 3 fully saturated rings. The second-order valence-electron chi connectivity index (χ2n) is 7.05. The van der Waals surface area contributed by atoms with Gasteiger partial charge in [-0.3, -0.25) is 9.69 Å². The van der Waals surface area contributed by atoms with Crippen LogP contribution in [0.3, 0.4) is 0 Å². The van der Waals surface area contributed by atoms with Gasteiger partial charge in [0.05, 0.1) is 5.41 Å². The largest absolute Gasteiger partial charge is 0.381 e. The molecule has 2 N–H and O–H groups in total. The Morgan fingerprint density at radius 3 is 2.76 bits per heavy atom. The van der Waals surface area contributed by atoms with E-state index in [1.54, 1.807) is 0 Å². The quantitative estimate of drug-likeness (QED) is 0.820. The molecule has 120 valence electrons. The number of hydrogen-bond acceptors (Lipinski definition) is 4. The van der Waals surface area contributed by atoms with Crippen LogP contribution in [0.15, 0.2) is 0 Å². The number of ether oxygens (including phenoxy) is 1. The van der Waals surface area contributed by atoms with Gasteiger partial charge >= 0.3 is 0 Å². The fourth-order valence-corrected chi connectivity index (χ4v) is 4.21. The summed E-state index contributed by atoms with van der Waals surface area (Å²) in [6, 6.07) is 0.867. The molecule has 0 saturated carbocycles. The van der Waals surface area contributed by atoms with E-state index in [2.05, 4.69) is 16.7 Å². The first-order chi connectivity index (χ1) is 10.2. The van der Waals surface area contributed by atoms with Crippen LogP contribution in [0.2, 0.25) is 0 Å². The van der Waals surface area contributed by atoms with Gasteiger partial charge in [0, 0.05) is 44.9 Å². The normalized spacial score (nSPS) is 33.5. The van der Waals surface area contributed by atoms with Crippen LogP contribution < -0.4 is 5.73 Å². The smallest absolute Gasteiger partial charge is 0.230 e. The molecule has 0 aromatic heterocycles. The fraction of sp³-hybridized carbons (Fsp3) is 0.938. The molecule has 21 heavy (non-hydrogen) atoms. The number of nitrogens with zero attached hydrogens (tertiary/aromatic N) is 2. The first-order valence-electron chi connectivity index (χ1n) is 8.49. The minimum absolute atomic E-state index is 0.283. The Balaban J connectivity index is 1.73. The molecule has 0 spiro atoms. The fourth-order valence-electron chi connectivity index (χ4n) is 4.21. The Labute approximate surface area is 127 Å². The van der Waals surface area contributed by atoms with Crippen molar-refractivity contribution in [1.82, 2.24) is 9.80 Å². The van der Waals surface area contributed by atoms with E-state index in [9.17, 15) is 4.79 Å². The number of piperazine rings is 1. The molecule has 5 heteroatoms. The lowest BCUT2D eigenvalue weighted by atomic mass is 9.78. The maximum absolute atomic E-state index is 13.2. The van der Waals surface area contributed by atoms with Gasteiger partial charge in [0.2, 0.25) is 5.91 Å². The van der Waals surface area contributed by atoms with Crippen LogP contribution in [0.4, 0.5) is 0 Å². The van der Waals surface area contributed by atoms with Crippen LogP contribution in [0, 0.1) is 5.41 Å². The molecule has 0 radical (unpaired) electrons. The van der Waals surface area contributed by atoms with Crippen molar-refractivity contribution in [3.63, 3.8) is 0 Å². The summed E-state index contributed by atoms with van der Waals surface area (Å²) in [5.74, 6) is 0.283.